The Morgan fingerprint density at radius 1 is 1.24 bits per heavy atom. The number of amides is 1. The molecular formula is C15H13N3O2S. The monoisotopic (exact) mass is 299 g/mol. The first-order valence-electron chi connectivity index (χ1n) is 6.37. The van der Waals surface area contributed by atoms with Gasteiger partial charge in [0, 0.05) is 6.20 Å². The second-order valence-corrected chi connectivity index (χ2v) is 5.24. The highest BCUT2D eigenvalue weighted by Crippen LogP contribution is 2.28. The van der Waals surface area contributed by atoms with Crippen molar-refractivity contribution in [3.8, 4) is 5.75 Å². The minimum absolute atomic E-state index is 0.00837. The largest absolute Gasteiger partial charge is 0.497 e. The number of carbonyl (C=O) groups is 1. The number of hydrogen-bond acceptors (Lipinski definition) is 5. The van der Waals surface area contributed by atoms with E-state index in [0.717, 1.165) is 11.4 Å². The molecule has 1 amide bonds. The zero-order valence-electron chi connectivity index (χ0n) is 11.4. The Bertz CT molecular complexity index is 671. The van der Waals surface area contributed by atoms with E-state index in [0.29, 0.717) is 16.7 Å². The van der Waals surface area contributed by atoms with Gasteiger partial charge >= 0.3 is 0 Å². The lowest BCUT2D eigenvalue weighted by atomic mass is 10.3. The number of carbonyl (C=O) groups excluding carboxylic acids is 1. The molecule has 0 unspecified atom stereocenters. The molecule has 2 aromatic rings. The molecule has 106 valence electrons. The van der Waals surface area contributed by atoms with Crippen LogP contribution in [0.5, 0.6) is 5.75 Å². The van der Waals surface area contributed by atoms with Crippen LogP contribution in [-0.2, 0) is 4.79 Å². The quantitative estimate of drug-likeness (QED) is 0.874. The normalized spacial score (nSPS) is 16.5. The molecule has 6 heteroatoms. The van der Waals surface area contributed by atoms with E-state index in [9.17, 15) is 4.79 Å². The summed E-state index contributed by atoms with van der Waals surface area (Å²) in [7, 11) is 1.62. The third-order valence-electron chi connectivity index (χ3n) is 2.94. The number of aromatic nitrogens is 1. The number of anilines is 1. The summed E-state index contributed by atoms with van der Waals surface area (Å²) < 4.78 is 5.12. The summed E-state index contributed by atoms with van der Waals surface area (Å²) in [4.78, 5) is 22.3. The van der Waals surface area contributed by atoms with Gasteiger partial charge in [0.1, 0.15) is 11.6 Å². The number of pyridine rings is 1. The predicted molar refractivity (Wildman–Crippen MR) is 84.3 cm³/mol. The highest BCUT2D eigenvalue weighted by molar-refractivity contribution is 8.15. The number of amidine groups is 1. The molecule has 0 bridgehead atoms. The van der Waals surface area contributed by atoms with Crippen LogP contribution < -0.4 is 9.64 Å². The van der Waals surface area contributed by atoms with Gasteiger partial charge in [-0.05, 0) is 36.4 Å². The lowest BCUT2D eigenvalue weighted by Gasteiger charge is -2.14. The molecule has 21 heavy (non-hydrogen) atoms. The number of nitrogens with zero attached hydrogens (tertiary/aromatic N) is 3. The Kier molecular flexibility index (Phi) is 3.87. The van der Waals surface area contributed by atoms with Crippen LogP contribution in [0.1, 0.15) is 0 Å². The molecule has 0 atom stereocenters. The summed E-state index contributed by atoms with van der Waals surface area (Å²) in [5, 5.41) is 0.642. The number of thioether (sulfide) groups is 1. The average molecular weight is 299 g/mol. The van der Waals surface area contributed by atoms with Crippen LogP contribution in [0.25, 0.3) is 0 Å². The number of aliphatic imine (C=N–C) groups is 1. The van der Waals surface area contributed by atoms with Crippen molar-refractivity contribution in [2.75, 3.05) is 17.8 Å². The average Bonchev–Trinajstić information content (AvgIpc) is 2.89. The minimum atomic E-state index is -0.00837. The van der Waals surface area contributed by atoms with Gasteiger partial charge in [0.25, 0.3) is 0 Å². The number of benzene rings is 1. The van der Waals surface area contributed by atoms with Crippen molar-refractivity contribution in [3.05, 3.63) is 48.7 Å². The Morgan fingerprint density at radius 3 is 2.71 bits per heavy atom. The molecule has 3 rings (SSSR count). The zero-order valence-corrected chi connectivity index (χ0v) is 12.2. The number of methoxy groups -OCH3 is 1. The van der Waals surface area contributed by atoms with Gasteiger partial charge in [0.2, 0.25) is 5.91 Å². The van der Waals surface area contributed by atoms with Gasteiger partial charge in [-0.1, -0.05) is 17.8 Å². The van der Waals surface area contributed by atoms with Crippen LogP contribution in [0.15, 0.2) is 53.7 Å². The lowest BCUT2D eigenvalue weighted by Crippen LogP contribution is -2.29. The fraction of sp³-hybridized carbons (Fsp3) is 0.133. The Balaban J connectivity index is 1.92. The molecule has 5 nitrogen and oxygen atoms in total. The summed E-state index contributed by atoms with van der Waals surface area (Å²) in [6.07, 6.45) is 1.66. The molecule has 0 spiro atoms. The molecular weight excluding hydrogens is 286 g/mol. The highest BCUT2D eigenvalue weighted by atomic mass is 32.2. The third kappa shape index (κ3) is 2.90. The smallest absolute Gasteiger partial charge is 0.244 e. The zero-order chi connectivity index (χ0) is 14.7. The SMILES string of the molecule is COc1ccc(N=C2SCC(=O)N2c2ccccn2)cc1. The molecule has 1 saturated heterocycles. The van der Waals surface area contributed by atoms with E-state index in [1.807, 2.05) is 36.4 Å². The second kappa shape index (κ2) is 5.97. The van der Waals surface area contributed by atoms with E-state index in [4.69, 9.17) is 4.74 Å². The Labute approximate surface area is 126 Å². The van der Waals surface area contributed by atoms with Gasteiger partial charge in [0.15, 0.2) is 5.17 Å². The molecule has 1 aromatic carbocycles. The first-order valence-corrected chi connectivity index (χ1v) is 7.36. The van der Waals surface area contributed by atoms with Crippen LogP contribution in [-0.4, -0.2) is 28.9 Å². The summed E-state index contributed by atoms with van der Waals surface area (Å²) in [6, 6.07) is 12.9. The second-order valence-electron chi connectivity index (χ2n) is 4.30. The van der Waals surface area contributed by atoms with Crippen LogP contribution >= 0.6 is 11.8 Å². The highest BCUT2D eigenvalue weighted by Gasteiger charge is 2.30. The maximum Gasteiger partial charge on any atom is 0.244 e. The molecule has 1 aliphatic rings. The maximum absolute atomic E-state index is 12.0. The molecule has 0 aliphatic carbocycles. The molecule has 2 heterocycles. The summed E-state index contributed by atoms with van der Waals surface area (Å²) >= 11 is 1.41. The number of ether oxygens (including phenoxy) is 1. The summed E-state index contributed by atoms with van der Waals surface area (Å²) in [5.74, 6) is 1.74. The minimum Gasteiger partial charge on any atom is -0.497 e. The first kappa shape index (κ1) is 13.6. The van der Waals surface area contributed by atoms with Crippen molar-refractivity contribution in [1.29, 1.82) is 0 Å². The van der Waals surface area contributed by atoms with Gasteiger partial charge in [-0.2, -0.15) is 0 Å². The van der Waals surface area contributed by atoms with E-state index in [-0.39, 0.29) is 5.91 Å². The standard InChI is InChI=1S/C15H13N3O2S/c1-20-12-7-5-11(6-8-12)17-15-18(14(19)10-21-15)13-4-2-3-9-16-13/h2-9H,10H2,1H3. The Hall–Kier alpha value is -2.34. The fourth-order valence-electron chi connectivity index (χ4n) is 1.92. The molecule has 0 saturated carbocycles. The van der Waals surface area contributed by atoms with Crippen molar-refractivity contribution >= 4 is 34.3 Å². The fourth-order valence-corrected chi connectivity index (χ4v) is 2.80. The summed E-state index contributed by atoms with van der Waals surface area (Å²) in [6.45, 7) is 0. The first-order chi connectivity index (χ1) is 10.3. The molecule has 1 fully saturated rings. The van der Waals surface area contributed by atoms with Crippen molar-refractivity contribution < 1.29 is 9.53 Å². The third-order valence-corrected chi connectivity index (χ3v) is 3.86. The number of rotatable bonds is 3. The Morgan fingerprint density at radius 2 is 2.05 bits per heavy atom. The van der Waals surface area contributed by atoms with Gasteiger partial charge in [0.05, 0.1) is 18.6 Å². The van der Waals surface area contributed by atoms with Crippen molar-refractivity contribution in [3.63, 3.8) is 0 Å². The maximum atomic E-state index is 12.0. The van der Waals surface area contributed by atoms with Crippen LogP contribution in [0.4, 0.5) is 11.5 Å². The molecule has 0 radical (unpaired) electrons. The van der Waals surface area contributed by atoms with Crippen LogP contribution in [0.3, 0.4) is 0 Å². The molecule has 1 aliphatic heterocycles. The lowest BCUT2D eigenvalue weighted by molar-refractivity contribution is -0.115. The van der Waals surface area contributed by atoms with E-state index in [1.54, 1.807) is 24.3 Å². The predicted octanol–water partition coefficient (Wildman–Crippen LogP) is 2.86. The van der Waals surface area contributed by atoms with Gasteiger partial charge in [-0.25, -0.2) is 14.9 Å². The van der Waals surface area contributed by atoms with Crippen LogP contribution in [0, 0.1) is 0 Å². The van der Waals surface area contributed by atoms with Gasteiger partial charge < -0.3 is 4.74 Å². The van der Waals surface area contributed by atoms with Gasteiger partial charge in [-0.3, -0.25) is 4.79 Å². The van der Waals surface area contributed by atoms with E-state index < -0.39 is 0 Å². The molecule has 1 aromatic heterocycles. The van der Waals surface area contributed by atoms with Crippen molar-refractivity contribution in [2.45, 2.75) is 0 Å². The molecule has 0 N–H and O–H groups in total. The van der Waals surface area contributed by atoms with Crippen molar-refractivity contribution in [2.24, 2.45) is 4.99 Å². The summed E-state index contributed by atoms with van der Waals surface area (Å²) in [5.41, 5.74) is 0.772. The van der Waals surface area contributed by atoms with Crippen molar-refractivity contribution in [1.82, 2.24) is 4.98 Å². The number of hydrogen-bond donors (Lipinski definition) is 0. The van der Waals surface area contributed by atoms with Gasteiger partial charge in [-0.15, -0.1) is 0 Å². The van der Waals surface area contributed by atoms with E-state index in [1.165, 1.54) is 11.8 Å². The van der Waals surface area contributed by atoms with Crippen LogP contribution in [0.2, 0.25) is 0 Å². The topological polar surface area (TPSA) is 54.8 Å². The van der Waals surface area contributed by atoms with E-state index >= 15 is 0 Å². The van der Waals surface area contributed by atoms with E-state index in [2.05, 4.69) is 9.98 Å².